The van der Waals surface area contributed by atoms with Gasteiger partial charge in [-0.05, 0) is 45.4 Å². The number of hydrogen-bond acceptors (Lipinski definition) is 10. The van der Waals surface area contributed by atoms with Crippen LogP contribution in [-0.2, 0) is 22.3 Å². The Hall–Kier alpha value is -3.26. The Labute approximate surface area is 270 Å². The lowest BCUT2D eigenvalue weighted by Gasteiger charge is -2.35. The van der Waals surface area contributed by atoms with E-state index in [1.165, 1.54) is 17.4 Å². The molecule has 1 N–H and O–H groups in total. The maximum Gasteiger partial charge on any atom is 0.417 e. The normalized spacial score (nSPS) is 17.9. The molecule has 14 heteroatoms. The summed E-state index contributed by atoms with van der Waals surface area (Å²) in [5.41, 5.74) is 0.964. The van der Waals surface area contributed by atoms with Gasteiger partial charge in [0.05, 0.1) is 47.4 Å². The standard InChI is InChI=1S/C31H37ClF3N7O2S/c1-4-44-28(43)9-11-40-12-14-41(15-13-40)27-18-36-25(17-37-27)21(3)38-30-39-29(26(45-30)19-42-10-5-6-20(42)2)22-7-8-24(32)23(16-22)31(33,34)35/h7-8,16-18,20H,3-6,9-15,19H2,1-2H3,(H,38,39)/t20-/m1/s1. The number of thiazole rings is 1. The highest BCUT2D eigenvalue weighted by Crippen LogP contribution is 2.40. The quantitative estimate of drug-likeness (QED) is 0.234. The van der Waals surface area contributed by atoms with E-state index in [4.69, 9.17) is 21.3 Å². The van der Waals surface area contributed by atoms with Crippen molar-refractivity contribution in [3.05, 3.63) is 58.3 Å². The number of piperazine rings is 1. The third-order valence-corrected chi connectivity index (χ3v) is 9.40. The molecule has 9 nitrogen and oxygen atoms in total. The number of rotatable bonds is 11. The molecule has 2 aliphatic rings. The summed E-state index contributed by atoms with van der Waals surface area (Å²) < 4.78 is 46.0. The number of aromatic nitrogens is 3. The lowest BCUT2D eigenvalue weighted by Crippen LogP contribution is -2.47. The van der Waals surface area contributed by atoms with E-state index in [0.29, 0.717) is 59.9 Å². The smallest absolute Gasteiger partial charge is 0.417 e. The molecule has 4 heterocycles. The largest absolute Gasteiger partial charge is 0.466 e. The molecule has 242 valence electrons. The van der Waals surface area contributed by atoms with Gasteiger partial charge < -0.3 is 15.0 Å². The number of anilines is 2. The van der Waals surface area contributed by atoms with Crippen LogP contribution in [0.25, 0.3) is 17.0 Å². The van der Waals surface area contributed by atoms with E-state index in [1.807, 2.05) is 0 Å². The van der Waals surface area contributed by atoms with Crippen molar-refractivity contribution in [2.45, 2.75) is 51.9 Å². The minimum absolute atomic E-state index is 0.179. The molecule has 1 atom stereocenters. The maximum absolute atomic E-state index is 13.7. The number of nitrogens with zero attached hydrogens (tertiary/aromatic N) is 6. The van der Waals surface area contributed by atoms with Crippen LogP contribution in [0.2, 0.25) is 5.02 Å². The number of ether oxygens (including phenoxy) is 1. The Morgan fingerprint density at radius 3 is 2.60 bits per heavy atom. The van der Waals surface area contributed by atoms with Crippen LogP contribution >= 0.6 is 22.9 Å². The summed E-state index contributed by atoms with van der Waals surface area (Å²) in [4.78, 5) is 33.1. The summed E-state index contributed by atoms with van der Waals surface area (Å²) in [6.07, 6.45) is 1.31. The van der Waals surface area contributed by atoms with Crippen molar-refractivity contribution in [1.82, 2.24) is 24.8 Å². The summed E-state index contributed by atoms with van der Waals surface area (Å²) in [6, 6.07) is 4.29. The lowest BCUT2D eigenvalue weighted by atomic mass is 10.1. The minimum Gasteiger partial charge on any atom is -0.466 e. The van der Waals surface area contributed by atoms with Crippen molar-refractivity contribution in [1.29, 1.82) is 0 Å². The van der Waals surface area contributed by atoms with E-state index in [9.17, 15) is 18.0 Å². The summed E-state index contributed by atoms with van der Waals surface area (Å²) in [6.45, 7) is 13.8. The Balaban J connectivity index is 1.27. The second-order valence-electron chi connectivity index (χ2n) is 11.2. The minimum atomic E-state index is -4.58. The molecule has 0 spiro atoms. The lowest BCUT2D eigenvalue weighted by molar-refractivity contribution is -0.143. The first-order chi connectivity index (χ1) is 21.5. The van der Waals surface area contributed by atoms with Crippen LogP contribution in [0.1, 0.15) is 49.2 Å². The number of carbonyl (C=O) groups is 1. The van der Waals surface area contributed by atoms with E-state index in [1.54, 1.807) is 25.4 Å². The molecule has 2 saturated heterocycles. The fourth-order valence-electron chi connectivity index (χ4n) is 5.56. The maximum atomic E-state index is 13.7. The predicted octanol–water partition coefficient (Wildman–Crippen LogP) is 6.41. The number of hydrogen-bond donors (Lipinski definition) is 1. The highest BCUT2D eigenvalue weighted by atomic mass is 35.5. The first-order valence-corrected chi connectivity index (χ1v) is 16.2. The van der Waals surface area contributed by atoms with Crippen molar-refractivity contribution in [3.8, 4) is 11.3 Å². The van der Waals surface area contributed by atoms with Crippen LogP contribution in [0, 0.1) is 0 Å². The Morgan fingerprint density at radius 2 is 1.96 bits per heavy atom. The topological polar surface area (TPSA) is 86.7 Å². The number of carbonyl (C=O) groups excluding carboxylic acids is 1. The molecule has 1 aromatic carbocycles. The number of nitrogens with one attached hydrogen (secondary N) is 1. The van der Waals surface area contributed by atoms with Gasteiger partial charge in [0.2, 0.25) is 0 Å². The Bertz CT molecular complexity index is 1490. The van der Waals surface area contributed by atoms with Crippen LogP contribution < -0.4 is 10.2 Å². The van der Waals surface area contributed by atoms with Crippen molar-refractivity contribution in [3.63, 3.8) is 0 Å². The molecule has 3 aromatic rings. The first-order valence-electron chi connectivity index (χ1n) is 15.0. The van der Waals surface area contributed by atoms with Gasteiger partial charge in [0, 0.05) is 55.8 Å². The second-order valence-corrected chi connectivity index (χ2v) is 12.7. The summed E-state index contributed by atoms with van der Waals surface area (Å²) in [5.74, 6) is 0.570. The van der Waals surface area contributed by atoms with Gasteiger partial charge in [0.25, 0.3) is 0 Å². The van der Waals surface area contributed by atoms with Gasteiger partial charge in [-0.1, -0.05) is 35.6 Å². The molecule has 0 amide bonds. The Morgan fingerprint density at radius 1 is 1.18 bits per heavy atom. The molecule has 0 aliphatic carbocycles. The molecule has 0 unspecified atom stereocenters. The summed E-state index contributed by atoms with van der Waals surface area (Å²) >= 11 is 7.29. The average molecular weight is 664 g/mol. The molecular formula is C31H37ClF3N7O2S. The molecule has 0 saturated carbocycles. The SMILES string of the molecule is C=C(Nc1nc(-c2ccc(Cl)c(C(F)(F)F)c2)c(CN2CCC[C@H]2C)s1)c1cnc(N2CCN(CCC(=O)OCC)CC2)cn1. The number of alkyl halides is 3. The van der Waals surface area contributed by atoms with E-state index in [2.05, 4.69) is 43.5 Å². The summed E-state index contributed by atoms with van der Waals surface area (Å²) in [5, 5.41) is 3.36. The Kier molecular flexibility index (Phi) is 10.6. The van der Waals surface area contributed by atoms with Crippen molar-refractivity contribution in [2.75, 3.05) is 56.1 Å². The van der Waals surface area contributed by atoms with Gasteiger partial charge in [-0.25, -0.2) is 15.0 Å². The highest BCUT2D eigenvalue weighted by molar-refractivity contribution is 7.16. The third kappa shape index (κ3) is 8.32. The van der Waals surface area contributed by atoms with E-state index in [-0.39, 0.29) is 11.0 Å². The molecule has 2 fully saturated rings. The van der Waals surface area contributed by atoms with Crippen LogP contribution in [0.15, 0.2) is 37.2 Å². The molecule has 2 aromatic heterocycles. The number of likely N-dealkylation sites (tertiary alicyclic amines) is 1. The number of benzene rings is 1. The van der Waals surface area contributed by atoms with E-state index in [0.717, 1.165) is 62.3 Å². The molecule has 0 radical (unpaired) electrons. The zero-order chi connectivity index (χ0) is 32.1. The average Bonchev–Trinajstić information content (AvgIpc) is 3.61. The van der Waals surface area contributed by atoms with Crippen LogP contribution in [0.4, 0.5) is 24.1 Å². The number of halogens is 4. The monoisotopic (exact) mass is 663 g/mol. The van der Waals surface area contributed by atoms with Crippen molar-refractivity contribution >= 4 is 45.6 Å². The van der Waals surface area contributed by atoms with Crippen molar-refractivity contribution in [2.24, 2.45) is 0 Å². The molecular weight excluding hydrogens is 627 g/mol. The fraction of sp³-hybridized carbons (Fsp3) is 0.484. The van der Waals surface area contributed by atoms with Gasteiger partial charge in [0.15, 0.2) is 5.13 Å². The van der Waals surface area contributed by atoms with E-state index < -0.39 is 11.7 Å². The molecule has 0 bridgehead atoms. The first kappa shape index (κ1) is 33.1. The zero-order valence-corrected chi connectivity index (χ0v) is 26.9. The molecule has 5 rings (SSSR count). The van der Waals surface area contributed by atoms with Gasteiger partial charge >= 0.3 is 12.1 Å². The number of esters is 1. The molecule has 2 aliphatic heterocycles. The van der Waals surface area contributed by atoms with Crippen LogP contribution in [0.5, 0.6) is 0 Å². The van der Waals surface area contributed by atoms with E-state index >= 15 is 0 Å². The summed E-state index contributed by atoms with van der Waals surface area (Å²) in [7, 11) is 0. The van der Waals surface area contributed by atoms with Gasteiger partial charge in [-0.15, -0.1) is 0 Å². The van der Waals surface area contributed by atoms with Crippen LogP contribution in [0.3, 0.4) is 0 Å². The third-order valence-electron chi connectivity index (χ3n) is 8.12. The van der Waals surface area contributed by atoms with Crippen LogP contribution in [-0.4, -0.2) is 82.6 Å². The van der Waals surface area contributed by atoms with Gasteiger partial charge in [-0.2, -0.15) is 13.2 Å². The molecule has 45 heavy (non-hydrogen) atoms. The predicted molar refractivity (Wildman–Crippen MR) is 171 cm³/mol. The van der Waals surface area contributed by atoms with Crippen molar-refractivity contribution < 1.29 is 22.7 Å². The second kappa shape index (κ2) is 14.4. The fourth-order valence-corrected chi connectivity index (χ4v) is 6.82. The van der Waals surface area contributed by atoms with Gasteiger partial charge in [0.1, 0.15) is 11.5 Å². The zero-order valence-electron chi connectivity index (χ0n) is 25.4. The van der Waals surface area contributed by atoms with Gasteiger partial charge in [-0.3, -0.25) is 14.6 Å². The highest BCUT2D eigenvalue weighted by Gasteiger charge is 2.34.